The second kappa shape index (κ2) is 6.71. The van der Waals surface area contributed by atoms with Crippen molar-refractivity contribution >= 4 is 114 Å². The van der Waals surface area contributed by atoms with Crippen LogP contribution in [0.25, 0.3) is 43.3 Å². The van der Waals surface area contributed by atoms with Crippen molar-refractivity contribution in [2.45, 2.75) is 0 Å². The van der Waals surface area contributed by atoms with Gasteiger partial charge in [-0.15, -0.1) is 11.3 Å². The molecule has 0 bridgehead atoms. The van der Waals surface area contributed by atoms with Crippen molar-refractivity contribution in [3.8, 4) is 11.4 Å². The number of aromatic amines is 1. The lowest BCUT2D eigenvalue weighted by Gasteiger charge is -2.03. The van der Waals surface area contributed by atoms with E-state index in [1.165, 1.54) is 11.3 Å². The van der Waals surface area contributed by atoms with Crippen LogP contribution in [-0.2, 0) is 0 Å². The highest BCUT2D eigenvalue weighted by Crippen LogP contribution is 2.47. The first-order valence-corrected chi connectivity index (χ1v) is 11.7. The van der Waals surface area contributed by atoms with E-state index in [0.717, 1.165) is 56.7 Å². The van der Waals surface area contributed by atoms with Crippen molar-refractivity contribution in [2.24, 2.45) is 0 Å². The maximum atomic E-state index is 6.56. The number of thiophene rings is 1. The van der Waals surface area contributed by atoms with Crippen LogP contribution in [-0.4, -0.2) is 9.97 Å². The van der Waals surface area contributed by atoms with Crippen molar-refractivity contribution in [3.05, 3.63) is 59.2 Å². The number of rotatable bonds is 1. The molecular weight excluding hydrogens is 599 g/mol. The molecule has 5 rings (SSSR count). The highest BCUT2D eigenvalue weighted by Gasteiger charge is 2.21. The van der Waals surface area contributed by atoms with Crippen LogP contribution in [0.4, 0.5) is 0 Å². The minimum absolute atomic E-state index is 0.582. The molecule has 8 heteroatoms. The van der Waals surface area contributed by atoms with E-state index in [0.29, 0.717) is 9.36 Å². The zero-order valence-electron chi connectivity index (χ0n) is 13.2. The molecule has 0 amide bonds. The first-order valence-electron chi connectivity index (χ1n) is 7.78. The third-order valence-corrected chi connectivity index (χ3v) is 8.27. The van der Waals surface area contributed by atoms with Gasteiger partial charge < -0.3 is 4.98 Å². The molecule has 2 nitrogen and oxygen atoms in total. The van der Waals surface area contributed by atoms with Gasteiger partial charge in [0.15, 0.2) is 0 Å². The molecule has 0 saturated carbocycles. The summed E-state index contributed by atoms with van der Waals surface area (Å²) in [6.45, 7) is 0. The summed E-state index contributed by atoms with van der Waals surface area (Å²) in [5.41, 5.74) is 2.81. The molecule has 0 atom stereocenters. The van der Waals surface area contributed by atoms with Crippen LogP contribution in [0.1, 0.15) is 0 Å². The number of hydrogen-bond donors (Lipinski definition) is 1. The van der Waals surface area contributed by atoms with Crippen molar-refractivity contribution in [2.75, 3.05) is 0 Å². The normalized spacial score (nSPS) is 11.9. The number of nitrogens with zero attached hydrogens (tertiary/aromatic N) is 1. The van der Waals surface area contributed by atoms with E-state index in [2.05, 4.69) is 64.9 Å². The maximum Gasteiger partial charge on any atom is 0.140 e. The highest BCUT2D eigenvalue weighted by atomic mass is 79.9. The Bertz CT molecular complexity index is 1370. The molecule has 0 radical (unpaired) electrons. The summed E-state index contributed by atoms with van der Waals surface area (Å²) in [5.74, 6) is 0.779. The minimum atomic E-state index is 0.582. The van der Waals surface area contributed by atoms with Gasteiger partial charge in [-0.05, 0) is 61.5 Å². The van der Waals surface area contributed by atoms with E-state index >= 15 is 0 Å². The van der Waals surface area contributed by atoms with Crippen molar-refractivity contribution in [1.29, 1.82) is 0 Å². The quantitative estimate of drug-likeness (QED) is 0.203. The van der Waals surface area contributed by atoms with Gasteiger partial charge in [0.05, 0.1) is 20.8 Å². The van der Waals surface area contributed by atoms with Crippen molar-refractivity contribution in [3.63, 3.8) is 0 Å². The first-order chi connectivity index (χ1) is 13.0. The molecule has 5 aromatic rings. The standard InChI is InChI=1S/C19H7Br3Cl2N2S/c20-7-4-5-8-9(6-7)12-14(23)18(24)27-17(12)16-15(8)25-19(26-16)13-10(21)2-1-3-11(13)22/h1-6H,(H,25,26). The summed E-state index contributed by atoms with van der Waals surface area (Å²) < 4.78 is 4.49. The molecule has 3 aromatic carbocycles. The molecule has 2 heterocycles. The molecule has 134 valence electrons. The number of hydrogen-bond acceptors (Lipinski definition) is 2. The van der Waals surface area contributed by atoms with Gasteiger partial charge in [-0.25, -0.2) is 4.98 Å². The zero-order valence-corrected chi connectivity index (χ0v) is 20.3. The van der Waals surface area contributed by atoms with Gasteiger partial charge in [-0.3, -0.25) is 0 Å². The average Bonchev–Trinajstić information content (AvgIpc) is 3.17. The van der Waals surface area contributed by atoms with Crippen LogP contribution in [0.2, 0.25) is 9.36 Å². The van der Waals surface area contributed by atoms with E-state index in [1.54, 1.807) is 0 Å². The maximum absolute atomic E-state index is 6.56. The third-order valence-electron chi connectivity index (χ3n) is 4.45. The van der Waals surface area contributed by atoms with Crippen LogP contribution >= 0.6 is 82.3 Å². The molecule has 0 spiro atoms. The number of benzene rings is 3. The van der Waals surface area contributed by atoms with E-state index < -0.39 is 0 Å². The van der Waals surface area contributed by atoms with Crippen LogP contribution in [0, 0.1) is 0 Å². The number of imidazole rings is 1. The van der Waals surface area contributed by atoms with Gasteiger partial charge in [0.1, 0.15) is 10.2 Å². The molecule has 0 aliphatic rings. The highest BCUT2D eigenvalue weighted by molar-refractivity contribution is 9.11. The lowest BCUT2D eigenvalue weighted by atomic mass is 10.1. The van der Waals surface area contributed by atoms with Gasteiger partial charge in [0.25, 0.3) is 0 Å². The van der Waals surface area contributed by atoms with Crippen LogP contribution < -0.4 is 0 Å². The summed E-state index contributed by atoms with van der Waals surface area (Å²) in [5, 5.41) is 3.60. The van der Waals surface area contributed by atoms with Gasteiger partial charge >= 0.3 is 0 Å². The fraction of sp³-hybridized carbons (Fsp3) is 0. The Labute approximate surface area is 193 Å². The fourth-order valence-electron chi connectivity index (χ4n) is 3.30. The average molecular weight is 606 g/mol. The van der Waals surface area contributed by atoms with E-state index in [4.69, 9.17) is 28.2 Å². The fourth-order valence-corrected chi connectivity index (χ4v) is 6.67. The van der Waals surface area contributed by atoms with E-state index in [1.807, 2.05) is 24.3 Å². The molecule has 2 aromatic heterocycles. The molecule has 0 aliphatic carbocycles. The lowest BCUT2D eigenvalue weighted by Crippen LogP contribution is -1.84. The molecule has 0 saturated heterocycles. The second-order valence-electron chi connectivity index (χ2n) is 5.99. The van der Waals surface area contributed by atoms with E-state index in [-0.39, 0.29) is 0 Å². The Morgan fingerprint density at radius 1 is 0.963 bits per heavy atom. The topological polar surface area (TPSA) is 28.7 Å². The molecule has 1 N–H and O–H groups in total. The summed E-state index contributed by atoms with van der Waals surface area (Å²) in [6.07, 6.45) is 0. The van der Waals surface area contributed by atoms with Gasteiger partial charge in [0, 0.05) is 29.8 Å². The number of nitrogens with one attached hydrogen (secondary N) is 1. The molecule has 0 unspecified atom stereocenters. The Kier molecular flexibility index (Phi) is 4.58. The smallest absolute Gasteiger partial charge is 0.140 e. The van der Waals surface area contributed by atoms with E-state index in [9.17, 15) is 0 Å². The number of fused-ring (bicyclic) bond motifs is 6. The summed E-state index contributed by atoms with van der Waals surface area (Å²) in [7, 11) is 0. The van der Waals surface area contributed by atoms with Crippen LogP contribution in [0.15, 0.2) is 49.8 Å². The SMILES string of the molecule is Clc1sc2c3[nH]c(-c4c(Br)cccc4Br)nc3c3ccc(Br)cc3c2c1Cl. The predicted octanol–water partition coefficient (Wildman–Crippen LogP) is 9.19. The summed E-state index contributed by atoms with van der Waals surface area (Å²) in [6, 6.07) is 12.1. The van der Waals surface area contributed by atoms with Crippen LogP contribution in [0.3, 0.4) is 0 Å². The minimum Gasteiger partial charge on any atom is -0.337 e. The first kappa shape index (κ1) is 18.4. The zero-order chi connectivity index (χ0) is 18.9. The monoisotopic (exact) mass is 602 g/mol. The second-order valence-corrected chi connectivity index (χ2v) is 10.6. The number of H-pyrrole nitrogens is 1. The Morgan fingerprint density at radius 3 is 2.44 bits per heavy atom. The molecule has 27 heavy (non-hydrogen) atoms. The predicted molar refractivity (Wildman–Crippen MR) is 128 cm³/mol. The number of halogens is 5. The van der Waals surface area contributed by atoms with Gasteiger partial charge in [-0.1, -0.05) is 51.3 Å². The third kappa shape index (κ3) is 2.80. The Hall–Kier alpha value is -0.630. The lowest BCUT2D eigenvalue weighted by molar-refractivity contribution is 1.32. The Morgan fingerprint density at radius 2 is 1.70 bits per heavy atom. The largest absolute Gasteiger partial charge is 0.337 e. The summed E-state index contributed by atoms with van der Waals surface area (Å²) in [4.78, 5) is 8.44. The van der Waals surface area contributed by atoms with Crippen LogP contribution in [0.5, 0.6) is 0 Å². The van der Waals surface area contributed by atoms with Crippen molar-refractivity contribution < 1.29 is 0 Å². The van der Waals surface area contributed by atoms with Crippen molar-refractivity contribution in [1.82, 2.24) is 9.97 Å². The summed E-state index contributed by atoms with van der Waals surface area (Å²) >= 11 is 25.2. The molecule has 0 aliphatic heterocycles. The van der Waals surface area contributed by atoms with Gasteiger partial charge in [0.2, 0.25) is 0 Å². The molecule has 0 fully saturated rings. The Balaban J connectivity index is 2.00. The molecular formula is C19H7Br3Cl2N2S. The number of aromatic nitrogens is 2. The van der Waals surface area contributed by atoms with Gasteiger partial charge in [-0.2, -0.15) is 0 Å².